The largest absolute Gasteiger partial charge is 0.289 e. The van der Waals surface area contributed by atoms with Crippen LogP contribution in [0.15, 0.2) is 10.1 Å². The molecule has 0 fully saturated rings. The second kappa shape index (κ2) is 4.14. The highest BCUT2D eigenvalue weighted by atomic mass is 15.3. The van der Waals surface area contributed by atoms with Crippen LogP contribution in [0.25, 0.3) is 0 Å². The minimum atomic E-state index is 0.448. The molecule has 0 saturated heterocycles. The molecule has 34 valence electrons. The number of hydrogen-bond acceptors (Lipinski definition) is 3. The summed E-state index contributed by atoms with van der Waals surface area (Å²) >= 11 is 0. The van der Waals surface area contributed by atoms with Crippen molar-refractivity contribution in [2.75, 3.05) is 6.67 Å². The van der Waals surface area contributed by atoms with E-state index in [2.05, 4.69) is 29.0 Å². The van der Waals surface area contributed by atoms with Gasteiger partial charge in [-0.1, -0.05) is 0 Å². The smallest absolute Gasteiger partial charge is 0.122 e. The van der Waals surface area contributed by atoms with Crippen LogP contribution in [-0.2, 0) is 0 Å². The molecule has 0 saturated carbocycles. The van der Waals surface area contributed by atoms with E-state index in [9.17, 15) is 0 Å². The summed E-state index contributed by atoms with van der Waals surface area (Å²) in [6.45, 7) is 6.80. The molecule has 1 N–H and O–H groups in total. The first kappa shape index (κ1) is 5.14. The molecule has 0 rings (SSSR count). The number of rotatable bonds is 3. The zero-order valence-corrected chi connectivity index (χ0v) is 3.52. The van der Waals surface area contributed by atoms with Crippen molar-refractivity contribution in [1.82, 2.24) is 5.43 Å². The minimum Gasteiger partial charge on any atom is -0.289 e. The predicted molar refractivity (Wildman–Crippen MR) is 27.1 cm³/mol. The topological polar surface area (TPSA) is 36.8 Å². The monoisotopic (exact) mass is 85.1 g/mol. The van der Waals surface area contributed by atoms with Crippen LogP contribution in [-0.4, -0.2) is 20.1 Å². The van der Waals surface area contributed by atoms with E-state index in [-0.39, 0.29) is 0 Å². The Morgan fingerprint density at radius 2 is 2.17 bits per heavy atom. The van der Waals surface area contributed by atoms with E-state index in [4.69, 9.17) is 0 Å². The highest BCUT2D eigenvalue weighted by Crippen LogP contribution is 1.52. The SMILES string of the molecule is C=NCNN=C. The van der Waals surface area contributed by atoms with Gasteiger partial charge >= 0.3 is 0 Å². The lowest BCUT2D eigenvalue weighted by atomic mass is 11.2. The molecule has 0 atom stereocenters. The van der Waals surface area contributed by atoms with Crippen LogP contribution < -0.4 is 5.43 Å². The number of aliphatic imine (C=N–C) groups is 1. The molecule has 0 bridgehead atoms. The fraction of sp³-hybridized carbons (Fsp3) is 0.333. The Kier molecular flexibility index (Phi) is 3.55. The average Bonchev–Trinajstić information content (AvgIpc) is 1.61. The van der Waals surface area contributed by atoms with Gasteiger partial charge in [-0.2, -0.15) is 5.10 Å². The van der Waals surface area contributed by atoms with E-state index in [0.717, 1.165) is 0 Å². The highest BCUT2D eigenvalue weighted by molar-refractivity contribution is 5.23. The Labute approximate surface area is 36.8 Å². The first-order valence-corrected chi connectivity index (χ1v) is 1.53. The van der Waals surface area contributed by atoms with E-state index in [0.29, 0.717) is 6.67 Å². The lowest BCUT2D eigenvalue weighted by molar-refractivity contribution is 0.772. The Balaban J connectivity index is 2.66. The molecule has 0 radical (unpaired) electrons. The normalized spacial score (nSPS) is 6.67. The fourth-order valence-corrected chi connectivity index (χ4v) is 0.1000. The molecule has 0 aliphatic rings. The van der Waals surface area contributed by atoms with Crippen molar-refractivity contribution >= 4 is 13.4 Å². The summed E-state index contributed by atoms with van der Waals surface area (Å²) in [7, 11) is 0. The van der Waals surface area contributed by atoms with Gasteiger partial charge < -0.3 is 0 Å². The van der Waals surface area contributed by atoms with Crippen LogP contribution in [0.1, 0.15) is 0 Å². The van der Waals surface area contributed by atoms with Gasteiger partial charge in [-0.05, 0) is 6.72 Å². The molecular formula is C3H7N3. The zero-order chi connectivity index (χ0) is 4.83. The molecule has 3 nitrogen and oxygen atoms in total. The van der Waals surface area contributed by atoms with Crippen molar-refractivity contribution in [3.8, 4) is 0 Å². The first-order valence-electron chi connectivity index (χ1n) is 1.53. The van der Waals surface area contributed by atoms with E-state index in [1.807, 2.05) is 0 Å². The predicted octanol–water partition coefficient (Wildman–Crippen LogP) is -0.150. The molecule has 3 heteroatoms. The van der Waals surface area contributed by atoms with Gasteiger partial charge in [-0.25, -0.2) is 0 Å². The van der Waals surface area contributed by atoms with E-state index < -0.39 is 0 Å². The molecule has 0 amide bonds. The van der Waals surface area contributed by atoms with Gasteiger partial charge in [0.25, 0.3) is 0 Å². The maximum absolute atomic E-state index is 3.43. The number of hydrogen-bond donors (Lipinski definition) is 1. The molecule has 0 aromatic rings. The fourth-order valence-electron chi connectivity index (χ4n) is 0.1000. The standard InChI is InChI=1S/C3H7N3/c1-4-3-6-5-2/h6H,1-3H2. The van der Waals surface area contributed by atoms with Crippen LogP contribution in [0.3, 0.4) is 0 Å². The van der Waals surface area contributed by atoms with Gasteiger partial charge in [-0.15, -0.1) is 0 Å². The first-order chi connectivity index (χ1) is 2.91. The number of hydrazone groups is 1. The van der Waals surface area contributed by atoms with Crippen LogP contribution in [0, 0.1) is 0 Å². The van der Waals surface area contributed by atoms with Crippen molar-refractivity contribution in [2.45, 2.75) is 0 Å². The zero-order valence-electron chi connectivity index (χ0n) is 3.52. The van der Waals surface area contributed by atoms with Gasteiger partial charge in [0.15, 0.2) is 0 Å². The van der Waals surface area contributed by atoms with E-state index >= 15 is 0 Å². The Bertz CT molecular complexity index is 42.0. The summed E-state index contributed by atoms with van der Waals surface area (Å²) in [5.74, 6) is 0. The molecule has 0 unspecified atom stereocenters. The van der Waals surface area contributed by atoms with Crippen molar-refractivity contribution in [3.63, 3.8) is 0 Å². The number of nitrogens with one attached hydrogen (secondary N) is 1. The Morgan fingerprint density at radius 1 is 1.50 bits per heavy atom. The molecule has 0 aromatic heterocycles. The minimum absolute atomic E-state index is 0.448. The summed E-state index contributed by atoms with van der Waals surface area (Å²) in [4.78, 5) is 3.43. The summed E-state index contributed by atoms with van der Waals surface area (Å²) in [5.41, 5.74) is 2.48. The van der Waals surface area contributed by atoms with Gasteiger partial charge in [0.1, 0.15) is 6.67 Å². The molecule has 0 aliphatic heterocycles. The Hall–Kier alpha value is -0.860. The molecule has 0 aliphatic carbocycles. The van der Waals surface area contributed by atoms with Gasteiger partial charge in [-0.3, -0.25) is 10.4 Å². The van der Waals surface area contributed by atoms with E-state index in [1.165, 1.54) is 0 Å². The summed E-state index contributed by atoms with van der Waals surface area (Å²) in [6.07, 6.45) is 0. The highest BCUT2D eigenvalue weighted by Gasteiger charge is 1.60. The Morgan fingerprint density at radius 3 is 2.33 bits per heavy atom. The summed E-state index contributed by atoms with van der Waals surface area (Å²) in [5, 5.41) is 3.29. The summed E-state index contributed by atoms with van der Waals surface area (Å²) < 4.78 is 0. The third kappa shape index (κ3) is 3.14. The van der Waals surface area contributed by atoms with Gasteiger partial charge in [0.05, 0.1) is 0 Å². The second-order valence-electron chi connectivity index (χ2n) is 0.698. The maximum atomic E-state index is 3.43. The third-order valence-electron chi connectivity index (χ3n) is 0.294. The lowest BCUT2D eigenvalue weighted by Gasteiger charge is -1.85. The lowest BCUT2D eigenvalue weighted by Crippen LogP contribution is -2.01. The maximum Gasteiger partial charge on any atom is 0.122 e. The van der Waals surface area contributed by atoms with Crippen LogP contribution >= 0.6 is 0 Å². The molecular weight excluding hydrogens is 78.1 g/mol. The molecule has 6 heavy (non-hydrogen) atoms. The van der Waals surface area contributed by atoms with Crippen molar-refractivity contribution in [3.05, 3.63) is 0 Å². The molecule has 0 spiro atoms. The third-order valence-corrected chi connectivity index (χ3v) is 0.294. The van der Waals surface area contributed by atoms with Crippen molar-refractivity contribution < 1.29 is 0 Å². The average molecular weight is 85.1 g/mol. The van der Waals surface area contributed by atoms with E-state index in [1.54, 1.807) is 0 Å². The summed E-state index contributed by atoms with van der Waals surface area (Å²) in [6, 6.07) is 0. The molecule has 0 aromatic carbocycles. The van der Waals surface area contributed by atoms with Gasteiger partial charge in [0, 0.05) is 6.72 Å². The second-order valence-corrected chi connectivity index (χ2v) is 0.698. The number of nitrogens with zero attached hydrogens (tertiary/aromatic N) is 2. The van der Waals surface area contributed by atoms with Crippen LogP contribution in [0.4, 0.5) is 0 Å². The van der Waals surface area contributed by atoms with Crippen LogP contribution in [0.5, 0.6) is 0 Å². The van der Waals surface area contributed by atoms with Crippen LogP contribution in [0.2, 0.25) is 0 Å². The van der Waals surface area contributed by atoms with Crippen molar-refractivity contribution in [1.29, 1.82) is 0 Å². The molecule has 0 heterocycles. The quantitative estimate of drug-likeness (QED) is 0.289. The van der Waals surface area contributed by atoms with Gasteiger partial charge in [0.2, 0.25) is 0 Å². The van der Waals surface area contributed by atoms with Crippen molar-refractivity contribution in [2.24, 2.45) is 10.1 Å².